The molecule has 0 N–H and O–H groups in total. The van der Waals surface area contributed by atoms with Crippen LogP contribution in [0.1, 0.15) is 23.5 Å². The third-order valence-electron chi connectivity index (χ3n) is 5.41. The molecule has 0 unspecified atom stereocenters. The molecule has 0 fully saturated rings. The van der Waals surface area contributed by atoms with Crippen molar-refractivity contribution in [2.75, 3.05) is 25.7 Å². The summed E-state index contributed by atoms with van der Waals surface area (Å²) in [6.07, 6.45) is 0. The average Bonchev–Trinajstić information content (AvgIpc) is 3.26. The van der Waals surface area contributed by atoms with Crippen LogP contribution in [0.25, 0.3) is 21.0 Å². The molecule has 160 valence electrons. The highest BCUT2D eigenvalue weighted by atomic mass is 32.1. The van der Waals surface area contributed by atoms with Crippen LogP contribution in [0, 0.1) is 0 Å². The number of ether oxygens (including phenoxy) is 2. The van der Waals surface area contributed by atoms with E-state index in [4.69, 9.17) is 9.47 Å². The van der Waals surface area contributed by atoms with Crippen molar-refractivity contribution in [2.45, 2.75) is 20.4 Å². The fraction of sp³-hybridized carbons (Fsp3) is 0.250. The van der Waals surface area contributed by atoms with Gasteiger partial charge in [0.05, 0.1) is 35.7 Å². The van der Waals surface area contributed by atoms with Gasteiger partial charge in [-0.25, -0.2) is 0 Å². The van der Waals surface area contributed by atoms with Crippen LogP contribution in [0.2, 0.25) is 0 Å². The van der Waals surface area contributed by atoms with Crippen LogP contribution >= 0.6 is 11.3 Å². The number of hydrogen-bond acceptors (Lipinski definition) is 5. The van der Waals surface area contributed by atoms with Crippen LogP contribution in [0.3, 0.4) is 0 Å². The summed E-state index contributed by atoms with van der Waals surface area (Å²) in [5.41, 5.74) is 1.43. The number of anilines is 1. The topological polar surface area (TPSA) is 60.8 Å². The maximum atomic E-state index is 13.5. The largest absolute Gasteiger partial charge is 0.497 e. The van der Waals surface area contributed by atoms with Crippen molar-refractivity contribution in [1.82, 2.24) is 4.57 Å². The van der Waals surface area contributed by atoms with E-state index in [0.717, 1.165) is 15.6 Å². The van der Waals surface area contributed by atoms with E-state index >= 15 is 0 Å². The predicted molar refractivity (Wildman–Crippen MR) is 126 cm³/mol. The Morgan fingerprint density at radius 3 is 2.48 bits per heavy atom. The number of carbonyl (C=O) groups excluding carboxylic acids is 1. The lowest BCUT2D eigenvalue weighted by molar-refractivity contribution is 0.0991. The van der Waals surface area contributed by atoms with Gasteiger partial charge in [0.1, 0.15) is 11.5 Å². The van der Waals surface area contributed by atoms with Crippen molar-refractivity contribution in [3.8, 4) is 11.5 Å². The quantitative estimate of drug-likeness (QED) is 0.430. The van der Waals surface area contributed by atoms with Gasteiger partial charge < -0.3 is 18.9 Å². The molecule has 0 spiro atoms. The Labute approximate surface area is 184 Å². The van der Waals surface area contributed by atoms with E-state index in [2.05, 4.69) is 0 Å². The molecule has 0 saturated carbocycles. The highest BCUT2D eigenvalue weighted by Gasteiger charge is 2.24. The number of aromatic nitrogens is 1. The smallest absolute Gasteiger partial charge is 0.268 e. The fourth-order valence-electron chi connectivity index (χ4n) is 3.89. The molecule has 0 saturated heterocycles. The van der Waals surface area contributed by atoms with Gasteiger partial charge in [-0.2, -0.15) is 0 Å². The third kappa shape index (κ3) is 3.45. The summed E-state index contributed by atoms with van der Waals surface area (Å²) >= 11 is 1.35. The first-order chi connectivity index (χ1) is 15.0. The van der Waals surface area contributed by atoms with Gasteiger partial charge in [0.2, 0.25) is 0 Å². The first-order valence-electron chi connectivity index (χ1n) is 10.1. The van der Waals surface area contributed by atoms with Crippen molar-refractivity contribution < 1.29 is 14.3 Å². The summed E-state index contributed by atoms with van der Waals surface area (Å²) in [6.45, 7) is 4.86. The lowest BCUT2D eigenvalue weighted by atomic mass is 10.1. The SMILES string of the molecule is CCN(C(=O)c1cc2c(=O)n(CC)c3ccccc3c2s1)c1cc(OC)ccc1OC. The fourth-order valence-corrected chi connectivity index (χ4v) is 5.02. The van der Waals surface area contributed by atoms with E-state index in [1.54, 1.807) is 48.0 Å². The first-order valence-corrected chi connectivity index (χ1v) is 10.9. The number of nitrogens with zero attached hydrogens (tertiary/aromatic N) is 2. The highest BCUT2D eigenvalue weighted by molar-refractivity contribution is 7.21. The lowest BCUT2D eigenvalue weighted by Crippen LogP contribution is -2.30. The number of para-hydroxylation sites is 1. The zero-order chi connectivity index (χ0) is 22.1. The second kappa shape index (κ2) is 8.43. The summed E-state index contributed by atoms with van der Waals surface area (Å²) in [7, 11) is 3.15. The number of amides is 1. The molecule has 0 aliphatic heterocycles. The second-order valence-corrected chi connectivity index (χ2v) is 8.06. The van der Waals surface area contributed by atoms with E-state index in [1.165, 1.54) is 11.3 Å². The van der Waals surface area contributed by atoms with Crippen LogP contribution in [0.4, 0.5) is 5.69 Å². The van der Waals surface area contributed by atoms with Crippen LogP contribution in [0.15, 0.2) is 53.3 Å². The highest BCUT2D eigenvalue weighted by Crippen LogP contribution is 2.36. The van der Waals surface area contributed by atoms with Gasteiger partial charge in [-0.3, -0.25) is 9.59 Å². The van der Waals surface area contributed by atoms with Gasteiger partial charge >= 0.3 is 0 Å². The Hall–Kier alpha value is -3.32. The number of fused-ring (bicyclic) bond motifs is 3. The van der Waals surface area contributed by atoms with Gasteiger partial charge in [-0.05, 0) is 38.1 Å². The molecule has 0 atom stereocenters. The van der Waals surface area contributed by atoms with Crippen molar-refractivity contribution in [1.29, 1.82) is 0 Å². The number of methoxy groups -OCH3 is 2. The molecule has 0 aliphatic carbocycles. The van der Waals surface area contributed by atoms with E-state index in [-0.39, 0.29) is 11.5 Å². The van der Waals surface area contributed by atoms with Gasteiger partial charge in [0, 0.05) is 29.2 Å². The minimum Gasteiger partial charge on any atom is -0.497 e. The van der Waals surface area contributed by atoms with Gasteiger partial charge in [-0.15, -0.1) is 11.3 Å². The van der Waals surface area contributed by atoms with Gasteiger partial charge in [0.25, 0.3) is 11.5 Å². The van der Waals surface area contributed by atoms with E-state index in [9.17, 15) is 9.59 Å². The summed E-state index contributed by atoms with van der Waals surface area (Å²) < 4.78 is 13.4. The Morgan fingerprint density at radius 2 is 1.81 bits per heavy atom. The Balaban J connectivity index is 1.89. The predicted octanol–water partition coefficient (Wildman–Crippen LogP) is 4.92. The molecule has 0 radical (unpaired) electrons. The van der Waals surface area contributed by atoms with E-state index in [0.29, 0.717) is 40.5 Å². The summed E-state index contributed by atoms with van der Waals surface area (Å²) in [4.78, 5) is 28.8. The Bertz CT molecular complexity index is 1340. The second-order valence-electron chi connectivity index (χ2n) is 7.01. The summed E-state index contributed by atoms with van der Waals surface area (Å²) in [6, 6.07) is 14.9. The van der Waals surface area contributed by atoms with Gasteiger partial charge in [-0.1, -0.05) is 18.2 Å². The number of benzene rings is 2. The molecule has 31 heavy (non-hydrogen) atoms. The zero-order valence-corrected chi connectivity index (χ0v) is 18.8. The molecule has 1 amide bonds. The minimum atomic E-state index is -0.179. The van der Waals surface area contributed by atoms with Crippen molar-refractivity contribution in [3.63, 3.8) is 0 Å². The Kier molecular flexibility index (Phi) is 5.69. The van der Waals surface area contributed by atoms with Crippen LogP contribution in [0.5, 0.6) is 11.5 Å². The maximum Gasteiger partial charge on any atom is 0.268 e. The number of pyridine rings is 1. The van der Waals surface area contributed by atoms with Crippen molar-refractivity contribution >= 4 is 43.9 Å². The zero-order valence-electron chi connectivity index (χ0n) is 18.0. The van der Waals surface area contributed by atoms with Crippen LogP contribution in [-0.2, 0) is 6.54 Å². The number of aryl methyl sites for hydroxylation is 1. The summed E-state index contributed by atoms with van der Waals surface area (Å²) in [5, 5.41) is 1.55. The normalized spacial score (nSPS) is 11.1. The molecule has 2 aromatic carbocycles. The average molecular weight is 437 g/mol. The number of carbonyl (C=O) groups is 1. The molecule has 0 aliphatic rings. The standard InChI is InChI=1S/C24H24N2O4S/c1-5-25-18-10-8-7-9-16(18)22-17(23(25)27)14-21(31-22)24(28)26(6-2)19-13-15(29-3)11-12-20(19)30-4/h7-14H,5-6H2,1-4H3. The molecule has 7 heteroatoms. The molecular weight excluding hydrogens is 412 g/mol. The molecule has 2 aromatic heterocycles. The van der Waals surface area contributed by atoms with Crippen LogP contribution in [-0.4, -0.2) is 31.2 Å². The molecule has 4 aromatic rings. The van der Waals surface area contributed by atoms with Gasteiger partial charge in [0.15, 0.2) is 0 Å². The molecular formula is C24H24N2O4S. The van der Waals surface area contributed by atoms with Crippen molar-refractivity contribution in [2.24, 2.45) is 0 Å². The van der Waals surface area contributed by atoms with E-state index < -0.39 is 0 Å². The number of thiophene rings is 1. The van der Waals surface area contributed by atoms with E-state index in [1.807, 2.05) is 38.1 Å². The molecule has 0 bridgehead atoms. The van der Waals surface area contributed by atoms with Crippen molar-refractivity contribution in [3.05, 3.63) is 63.8 Å². The third-order valence-corrected chi connectivity index (χ3v) is 6.57. The Morgan fingerprint density at radius 1 is 1.03 bits per heavy atom. The minimum absolute atomic E-state index is 0.0755. The molecule has 2 heterocycles. The van der Waals surface area contributed by atoms with Crippen LogP contribution < -0.4 is 19.9 Å². The molecule has 6 nitrogen and oxygen atoms in total. The number of rotatable bonds is 6. The first kappa shape index (κ1) is 20.9. The maximum absolute atomic E-state index is 13.5. The number of hydrogen-bond donors (Lipinski definition) is 0. The summed E-state index contributed by atoms with van der Waals surface area (Å²) in [5.74, 6) is 1.04. The molecule has 4 rings (SSSR count). The lowest BCUT2D eigenvalue weighted by Gasteiger charge is -2.23. The monoisotopic (exact) mass is 436 g/mol.